The molecule has 0 heterocycles. The number of anilines is 1. The maximum Gasteiger partial charge on any atom is 0.166 e. The molecule has 0 aromatic heterocycles. The Morgan fingerprint density at radius 2 is 1.88 bits per heavy atom. The molecular weight excluding hydrogens is 306 g/mol. The van der Waals surface area contributed by atoms with Crippen LogP contribution in [0.25, 0.3) is 0 Å². The number of hydrogen-bond donors (Lipinski definition) is 2. The average Bonchev–Trinajstić information content (AvgIpc) is 2.26. The maximum absolute atomic E-state index is 11.7. The molecule has 17 heavy (non-hydrogen) atoms. The van der Waals surface area contributed by atoms with E-state index in [9.17, 15) is 13.5 Å². The minimum absolute atomic E-state index is 0.261. The maximum atomic E-state index is 11.7. The van der Waals surface area contributed by atoms with Crippen molar-refractivity contribution in [1.29, 1.82) is 0 Å². The van der Waals surface area contributed by atoms with Gasteiger partial charge in [-0.05, 0) is 24.1 Å². The second-order valence-corrected chi connectivity index (χ2v) is 8.19. The number of benzene rings is 1. The Morgan fingerprint density at radius 1 is 1.41 bits per heavy atom. The standard InChI is InChI=1S/C11H16BrNO3S/c1-3-11(12,17(2,15)16)10(14)8-4-6-9(13)7-5-8/h4-7,10,14H,3,13H2,1-2H3/t10-,11+/m0/s1. The summed E-state index contributed by atoms with van der Waals surface area (Å²) in [4.78, 5) is 0. The highest BCUT2D eigenvalue weighted by atomic mass is 79.9. The van der Waals surface area contributed by atoms with Crippen molar-refractivity contribution in [3.8, 4) is 0 Å². The van der Waals surface area contributed by atoms with Gasteiger partial charge in [0.2, 0.25) is 0 Å². The minimum atomic E-state index is -3.44. The van der Waals surface area contributed by atoms with Gasteiger partial charge in [0, 0.05) is 11.9 Å². The summed E-state index contributed by atoms with van der Waals surface area (Å²) >= 11 is 3.16. The molecule has 6 heteroatoms. The van der Waals surface area contributed by atoms with Gasteiger partial charge in [0.15, 0.2) is 13.5 Å². The topological polar surface area (TPSA) is 80.4 Å². The predicted molar refractivity (Wildman–Crippen MR) is 72.6 cm³/mol. The fraction of sp³-hybridized carbons (Fsp3) is 0.455. The monoisotopic (exact) mass is 321 g/mol. The first kappa shape index (κ1) is 14.5. The third-order valence-electron chi connectivity index (χ3n) is 2.76. The van der Waals surface area contributed by atoms with Crippen LogP contribution in [-0.4, -0.2) is 23.4 Å². The van der Waals surface area contributed by atoms with E-state index >= 15 is 0 Å². The van der Waals surface area contributed by atoms with E-state index in [1.165, 1.54) is 0 Å². The Kier molecular flexibility index (Phi) is 4.22. The summed E-state index contributed by atoms with van der Waals surface area (Å²) in [7, 11) is -3.44. The first-order chi connectivity index (χ1) is 7.72. The van der Waals surface area contributed by atoms with Gasteiger partial charge in [-0.15, -0.1) is 0 Å². The number of nitrogen functional groups attached to an aromatic ring is 1. The highest BCUT2D eigenvalue weighted by Crippen LogP contribution is 2.41. The first-order valence-corrected chi connectivity index (χ1v) is 7.83. The van der Waals surface area contributed by atoms with Crippen LogP contribution in [0, 0.1) is 0 Å². The van der Waals surface area contributed by atoms with Crippen LogP contribution >= 0.6 is 15.9 Å². The van der Waals surface area contributed by atoms with Crippen molar-refractivity contribution in [1.82, 2.24) is 0 Å². The van der Waals surface area contributed by atoms with Gasteiger partial charge in [-0.2, -0.15) is 0 Å². The van der Waals surface area contributed by atoms with Crippen LogP contribution in [0.2, 0.25) is 0 Å². The summed E-state index contributed by atoms with van der Waals surface area (Å²) < 4.78 is 22.1. The summed E-state index contributed by atoms with van der Waals surface area (Å²) in [5, 5.41) is 10.2. The van der Waals surface area contributed by atoms with Crippen LogP contribution in [0.5, 0.6) is 0 Å². The molecule has 4 nitrogen and oxygen atoms in total. The van der Waals surface area contributed by atoms with Crippen LogP contribution in [0.3, 0.4) is 0 Å². The van der Waals surface area contributed by atoms with E-state index in [0.717, 1.165) is 6.26 Å². The molecule has 1 rings (SSSR count). The van der Waals surface area contributed by atoms with E-state index < -0.39 is 19.6 Å². The molecule has 0 aliphatic rings. The van der Waals surface area contributed by atoms with E-state index in [0.29, 0.717) is 11.3 Å². The molecule has 0 spiro atoms. The fourth-order valence-corrected chi connectivity index (χ4v) is 2.92. The number of alkyl halides is 1. The van der Waals surface area contributed by atoms with E-state index in [-0.39, 0.29) is 6.42 Å². The zero-order valence-corrected chi connectivity index (χ0v) is 12.1. The van der Waals surface area contributed by atoms with Crippen LogP contribution in [0.4, 0.5) is 5.69 Å². The molecule has 0 aliphatic carbocycles. The number of halogens is 1. The lowest BCUT2D eigenvalue weighted by atomic mass is 10.0. The number of nitrogens with two attached hydrogens (primary N) is 1. The quantitative estimate of drug-likeness (QED) is 0.655. The van der Waals surface area contributed by atoms with Crippen molar-refractivity contribution >= 4 is 31.5 Å². The van der Waals surface area contributed by atoms with Crippen molar-refractivity contribution < 1.29 is 13.5 Å². The average molecular weight is 322 g/mol. The predicted octanol–water partition coefficient (Wildman–Crippen LogP) is 1.85. The summed E-state index contributed by atoms with van der Waals surface area (Å²) in [6.45, 7) is 1.70. The summed E-state index contributed by atoms with van der Waals surface area (Å²) in [5.74, 6) is 0. The molecule has 0 saturated heterocycles. The van der Waals surface area contributed by atoms with E-state index in [1.807, 2.05) is 0 Å². The van der Waals surface area contributed by atoms with Crippen molar-refractivity contribution in [2.45, 2.75) is 23.1 Å². The summed E-state index contributed by atoms with van der Waals surface area (Å²) in [6, 6.07) is 6.50. The molecule has 1 aromatic rings. The number of sulfone groups is 1. The zero-order chi connectivity index (χ0) is 13.3. The molecule has 1 aromatic carbocycles. The zero-order valence-electron chi connectivity index (χ0n) is 9.72. The number of rotatable bonds is 4. The summed E-state index contributed by atoms with van der Waals surface area (Å²) in [6.07, 6.45) is 0.228. The Bertz CT molecular complexity index is 486. The lowest BCUT2D eigenvalue weighted by Gasteiger charge is -2.30. The lowest BCUT2D eigenvalue weighted by Crippen LogP contribution is -2.37. The van der Waals surface area contributed by atoms with Gasteiger partial charge >= 0.3 is 0 Å². The molecule has 0 radical (unpaired) electrons. The highest BCUT2D eigenvalue weighted by Gasteiger charge is 2.44. The van der Waals surface area contributed by atoms with E-state index in [1.54, 1.807) is 31.2 Å². The van der Waals surface area contributed by atoms with Crippen molar-refractivity contribution in [3.63, 3.8) is 0 Å². The molecule has 0 fully saturated rings. The van der Waals surface area contributed by atoms with Gasteiger partial charge < -0.3 is 10.8 Å². The van der Waals surface area contributed by atoms with Crippen LogP contribution in [0.1, 0.15) is 25.0 Å². The van der Waals surface area contributed by atoms with Gasteiger partial charge in [0.05, 0.1) is 0 Å². The van der Waals surface area contributed by atoms with Gasteiger partial charge in [0.25, 0.3) is 0 Å². The molecule has 0 saturated carbocycles. The van der Waals surface area contributed by atoms with Crippen LogP contribution in [0.15, 0.2) is 24.3 Å². The molecule has 0 aliphatic heterocycles. The van der Waals surface area contributed by atoms with Crippen molar-refractivity contribution in [3.05, 3.63) is 29.8 Å². The largest absolute Gasteiger partial charge is 0.399 e. The number of aliphatic hydroxyl groups is 1. The number of hydrogen-bond acceptors (Lipinski definition) is 4. The fourth-order valence-electron chi connectivity index (χ4n) is 1.59. The van der Waals surface area contributed by atoms with Crippen molar-refractivity contribution in [2.75, 3.05) is 12.0 Å². The van der Waals surface area contributed by atoms with Gasteiger partial charge in [-0.25, -0.2) is 8.42 Å². The SMILES string of the molecule is CC[C@](Br)([C@@H](O)c1ccc(N)cc1)S(C)(=O)=O. The molecule has 3 N–H and O–H groups in total. The van der Waals surface area contributed by atoms with Gasteiger partial charge in [-0.3, -0.25) is 0 Å². The van der Waals surface area contributed by atoms with Gasteiger partial charge in [0.1, 0.15) is 6.10 Å². The highest BCUT2D eigenvalue weighted by molar-refractivity contribution is 9.11. The third kappa shape index (κ3) is 2.81. The minimum Gasteiger partial charge on any atom is -0.399 e. The molecule has 96 valence electrons. The number of aliphatic hydroxyl groups excluding tert-OH is 1. The molecule has 0 bridgehead atoms. The van der Waals surface area contributed by atoms with Crippen LogP contribution in [-0.2, 0) is 9.84 Å². The van der Waals surface area contributed by atoms with Gasteiger partial charge in [-0.1, -0.05) is 35.0 Å². The summed E-state index contributed by atoms with van der Waals surface area (Å²) in [5.41, 5.74) is 6.63. The second kappa shape index (κ2) is 4.96. The lowest BCUT2D eigenvalue weighted by molar-refractivity contribution is 0.160. The van der Waals surface area contributed by atoms with E-state index in [4.69, 9.17) is 5.73 Å². The molecular formula is C11H16BrNO3S. The third-order valence-corrected chi connectivity index (χ3v) is 7.26. The van der Waals surface area contributed by atoms with Crippen molar-refractivity contribution in [2.24, 2.45) is 0 Å². The van der Waals surface area contributed by atoms with Crippen LogP contribution < -0.4 is 5.73 Å². The molecule has 0 amide bonds. The smallest absolute Gasteiger partial charge is 0.166 e. The normalized spacial score (nSPS) is 17.4. The van der Waals surface area contributed by atoms with E-state index in [2.05, 4.69) is 15.9 Å². The molecule has 0 unspecified atom stereocenters. The Labute approximate surface area is 110 Å². The Balaban J connectivity index is 3.19. The second-order valence-electron chi connectivity index (χ2n) is 3.98. The molecule has 2 atom stereocenters. The first-order valence-electron chi connectivity index (χ1n) is 5.14. The Morgan fingerprint density at radius 3 is 2.24 bits per heavy atom. The Hall–Kier alpha value is -0.590.